The van der Waals surface area contributed by atoms with Crippen molar-refractivity contribution in [2.24, 2.45) is 5.73 Å². The van der Waals surface area contributed by atoms with Crippen LogP contribution in [0.2, 0.25) is 0 Å². The maximum atomic E-state index is 6.47. The lowest BCUT2D eigenvalue weighted by atomic mass is 9.90. The summed E-state index contributed by atoms with van der Waals surface area (Å²) in [4.78, 5) is 4.73. The van der Waals surface area contributed by atoms with Gasteiger partial charge in [-0.3, -0.25) is 4.90 Å². The van der Waals surface area contributed by atoms with Crippen LogP contribution in [0.3, 0.4) is 0 Å². The topological polar surface area (TPSA) is 41.7 Å². The average molecular weight is 243 g/mol. The molecule has 17 heavy (non-hydrogen) atoms. The predicted molar refractivity (Wildman–Crippen MR) is 72.2 cm³/mol. The van der Waals surface area contributed by atoms with Crippen LogP contribution >= 0.6 is 0 Å². The van der Waals surface area contributed by atoms with Gasteiger partial charge in [-0.2, -0.15) is 0 Å². The van der Waals surface area contributed by atoms with Gasteiger partial charge < -0.3 is 15.4 Å². The van der Waals surface area contributed by atoms with Crippen molar-refractivity contribution < 1.29 is 4.74 Å². The molecule has 0 bridgehead atoms. The summed E-state index contributed by atoms with van der Waals surface area (Å²) in [5, 5.41) is 0. The molecule has 1 unspecified atom stereocenters. The Morgan fingerprint density at radius 3 is 2.35 bits per heavy atom. The summed E-state index contributed by atoms with van der Waals surface area (Å²) in [6.45, 7) is 9.27. The van der Waals surface area contributed by atoms with E-state index in [-0.39, 0.29) is 5.54 Å². The Kier molecular flexibility index (Phi) is 5.86. The van der Waals surface area contributed by atoms with Crippen molar-refractivity contribution in [3.05, 3.63) is 0 Å². The van der Waals surface area contributed by atoms with E-state index in [9.17, 15) is 0 Å². The molecule has 1 heterocycles. The van der Waals surface area contributed by atoms with Crippen molar-refractivity contribution >= 4 is 0 Å². The lowest BCUT2D eigenvalue weighted by Gasteiger charge is -2.40. The van der Waals surface area contributed by atoms with E-state index in [0.29, 0.717) is 6.04 Å². The highest BCUT2D eigenvalue weighted by molar-refractivity contribution is 4.90. The number of hydrogen-bond donors (Lipinski definition) is 1. The molecule has 0 radical (unpaired) electrons. The fourth-order valence-corrected chi connectivity index (χ4v) is 2.56. The molecule has 0 spiro atoms. The van der Waals surface area contributed by atoms with Gasteiger partial charge >= 0.3 is 0 Å². The van der Waals surface area contributed by atoms with Crippen LogP contribution in [0, 0.1) is 0 Å². The Bertz CT molecular complexity index is 215. The number of ether oxygens (including phenoxy) is 1. The smallest absolute Gasteiger partial charge is 0.0484 e. The molecular formula is C13H29N3O. The van der Waals surface area contributed by atoms with Crippen molar-refractivity contribution in [1.29, 1.82) is 0 Å². The number of hydrogen-bond acceptors (Lipinski definition) is 4. The largest absolute Gasteiger partial charge is 0.381 e. The highest BCUT2D eigenvalue weighted by atomic mass is 16.5. The van der Waals surface area contributed by atoms with Crippen molar-refractivity contribution in [1.82, 2.24) is 9.80 Å². The first-order valence-corrected chi connectivity index (χ1v) is 6.72. The second-order valence-electron chi connectivity index (χ2n) is 5.65. The Balaban J connectivity index is 2.49. The van der Waals surface area contributed by atoms with Crippen LogP contribution in [0.4, 0.5) is 0 Å². The van der Waals surface area contributed by atoms with E-state index >= 15 is 0 Å². The molecule has 1 saturated heterocycles. The Hall–Kier alpha value is -0.160. The van der Waals surface area contributed by atoms with Gasteiger partial charge in [-0.25, -0.2) is 0 Å². The van der Waals surface area contributed by atoms with E-state index < -0.39 is 0 Å². The fraction of sp³-hybridized carbons (Fsp3) is 1.00. The van der Waals surface area contributed by atoms with Gasteiger partial charge in [0.1, 0.15) is 0 Å². The third-order valence-electron chi connectivity index (χ3n) is 3.67. The minimum Gasteiger partial charge on any atom is -0.381 e. The van der Waals surface area contributed by atoms with Gasteiger partial charge in [-0.15, -0.1) is 0 Å². The number of nitrogens with zero attached hydrogens (tertiary/aromatic N) is 2. The molecule has 1 aliphatic rings. The van der Waals surface area contributed by atoms with E-state index in [2.05, 4.69) is 37.7 Å². The molecule has 0 aliphatic carbocycles. The zero-order valence-electron chi connectivity index (χ0n) is 11.9. The molecule has 4 nitrogen and oxygen atoms in total. The lowest BCUT2D eigenvalue weighted by Crippen LogP contribution is -2.56. The summed E-state index contributed by atoms with van der Waals surface area (Å²) in [5.74, 6) is 0. The van der Waals surface area contributed by atoms with Gasteiger partial charge in [0.15, 0.2) is 0 Å². The predicted octanol–water partition coefficient (Wildman–Crippen LogP) is 0.766. The molecule has 0 amide bonds. The van der Waals surface area contributed by atoms with Gasteiger partial charge in [0.05, 0.1) is 0 Å². The summed E-state index contributed by atoms with van der Waals surface area (Å²) in [6.07, 6.45) is 1.97. The van der Waals surface area contributed by atoms with E-state index in [4.69, 9.17) is 10.5 Å². The van der Waals surface area contributed by atoms with Crippen LogP contribution in [0.15, 0.2) is 0 Å². The van der Waals surface area contributed by atoms with E-state index in [0.717, 1.165) is 45.7 Å². The second-order valence-corrected chi connectivity index (χ2v) is 5.65. The molecule has 0 aromatic rings. The van der Waals surface area contributed by atoms with Crippen LogP contribution in [0.1, 0.15) is 26.7 Å². The zero-order chi connectivity index (χ0) is 12.9. The minimum atomic E-state index is -0.0468. The number of likely N-dealkylation sites (N-methyl/N-ethyl adjacent to an activating group) is 2. The molecule has 0 aromatic carbocycles. The molecule has 102 valence electrons. The monoisotopic (exact) mass is 243 g/mol. The lowest BCUT2D eigenvalue weighted by molar-refractivity contribution is 0.0305. The quantitative estimate of drug-likeness (QED) is 0.748. The molecule has 2 N–H and O–H groups in total. The fourth-order valence-electron chi connectivity index (χ4n) is 2.56. The third-order valence-corrected chi connectivity index (χ3v) is 3.67. The van der Waals surface area contributed by atoms with E-state index in [1.54, 1.807) is 0 Å². The Morgan fingerprint density at radius 2 is 1.88 bits per heavy atom. The summed E-state index contributed by atoms with van der Waals surface area (Å²) < 4.78 is 5.40. The van der Waals surface area contributed by atoms with Crippen LogP contribution in [0.25, 0.3) is 0 Å². The Labute approximate surface area is 106 Å². The van der Waals surface area contributed by atoms with Crippen LogP contribution in [0.5, 0.6) is 0 Å². The van der Waals surface area contributed by atoms with E-state index in [1.165, 1.54) is 0 Å². The second kappa shape index (κ2) is 6.69. The van der Waals surface area contributed by atoms with Gasteiger partial charge in [0.2, 0.25) is 0 Å². The summed E-state index contributed by atoms with van der Waals surface area (Å²) >= 11 is 0. The van der Waals surface area contributed by atoms with Crippen LogP contribution in [-0.4, -0.2) is 68.3 Å². The van der Waals surface area contributed by atoms with Crippen molar-refractivity contribution in [3.63, 3.8) is 0 Å². The highest BCUT2D eigenvalue weighted by Gasteiger charge is 2.31. The summed E-state index contributed by atoms with van der Waals surface area (Å²) in [6, 6.07) is 0.554. The molecule has 1 atom stereocenters. The standard InChI is InChI=1S/C13H29N3O/c1-5-16(12(2)10-15(3)4)11-13(14)6-8-17-9-7-13/h12H,5-11,14H2,1-4H3. The molecular weight excluding hydrogens is 214 g/mol. The van der Waals surface area contributed by atoms with Crippen LogP contribution in [-0.2, 0) is 4.74 Å². The van der Waals surface area contributed by atoms with Gasteiger partial charge in [-0.1, -0.05) is 6.92 Å². The van der Waals surface area contributed by atoms with Gasteiger partial charge in [-0.05, 0) is 40.4 Å². The highest BCUT2D eigenvalue weighted by Crippen LogP contribution is 2.20. The number of rotatable bonds is 6. The molecule has 0 saturated carbocycles. The third kappa shape index (κ3) is 4.92. The normalized spacial score (nSPS) is 22.1. The maximum absolute atomic E-state index is 6.47. The first-order valence-electron chi connectivity index (χ1n) is 6.72. The van der Waals surface area contributed by atoms with Crippen molar-refractivity contribution in [3.8, 4) is 0 Å². The van der Waals surface area contributed by atoms with Crippen LogP contribution < -0.4 is 5.73 Å². The number of nitrogens with two attached hydrogens (primary N) is 1. The van der Waals surface area contributed by atoms with Gasteiger partial charge in [0.25, 0.3) is 0 Å². The summed E-state index contributed by atoms with van der Waals surface area (Å²) in [5.41, 5.74) is 6.42. The van der Waals surface area contributed by atoms with Crippen molar-refractivity contribution in [2.45, 2.75) is 38.3 Å². The SMILES string of the molecule is CCN(CC1(N)CCOCC1)C(C)CN(C)C. The Morgan fingerprint density at radius 1 is 1.29 bits per heavy atom. The minimum absolute atomic E-state index is 0.0468. The van der Waals surface area contributed by atoms with Gasteiger partial charge in [0, 0.05) is 37.9 Å². The maximum Gasteiger partial charge on any atom is 0.0484 e. The van der Waals surface area contributed by atoms with Crippen molar-refractivity contribution in [2.75, 3.05) is 46.9 Å². The molecule has 1 rings (SSSR count). The summed E-state index contributed by atoms with van der Waals surface area (Å²) in [7, 11) is 4.24. The average Bonchev–Trinajstić information content (AvgIpc) is 2.26. The molecule has 1 aliphatic heterocycles. The first kappa shape index (κ1) is 14.9. The molecule has 1 fully saturated rings. The molecule has 0 aromatic heterocycles. The van der Waals surface area contributed by atoms with E-state index in [1.807, 2.05) is 0 Å². The zero-order valence-corrected chi connectivity index (χ0v) is 11.9. The first-order chi connectivity index (χ1) is 7.97. The molecule has 4 heteroatoms.